The molecule has 3 nitrogen and oxygen atoms in total. The summed E-state index contributed by atoms with van der Waals surface area (Å²) in [5.41, 5.74) is 0. The molecule has 0 aliphatic heterocycles. The van der Waals surface area contributed by atoms with E-state index >= 15 is 0 Å². The van der Waals surface area contributed by atoms with Gasteiger partial charge in [-0.25, -0.2) is 4.79 Å². The van der Waals surface area contributed by atoms with Crippen LogP contribution in [0, 0.1) is 0 Å². The van der Waals surface area contributed by atoms with Gasteiger partial charge in [0.2, 0.25) is 0 Å². The Labute approximate surface area is 88.7 Å². The number of carbonyl (C=O) groups is 1. The molecule has 12 heavy (non-hydrogen) atoms. The van der Waals surface area contributed by atoms with E-state index < -0.39 is 0 Å². The molecule has 0 spiro atoms. The highest BCUT2D eigenvalue weighted by Gasteiger charge is 1.98. The van der Waals surface area contributed by atoms with Gasteiger partial charge in [-0.3, -0.25) is 0 Å². The van der Waals surface area contributed by atoms with Crippen molar-refractivity contribution in [2.75, 3.05) is 6.61 Å². The maximum atomic E-state index is 10.9. The predicted octanol–water partition coefficient (Wildman–Crippen LogP) is 2.86. The van der Waals surface area contributed by atoms with Crippen LogP contribution in [0.25, 0.3) is 0 Å². The van der Waals surface area contributed by atoms with E-state index in [-0.39, 0.29) is 5.97 Å². The molecule has 0 amide bonds. The van der Waals surface area contributed by atoms with E-state index in [2.05, 4.69) is 0 Å². The van der Waals surface area contributed by atoms with Gasteiger partial charge in [-0.05, 0) is 13.3 Å². The van der Waals surface area contributed by atoms with Crippen molar-refractivity contribution in [3.05, 3.63) is 11.8 Å². The van der Waals surface area contributed by atoms with E-state index in [1.165, 1.54) is 15.3 Å². The molecule has 0 aliphatic carbocycles. The van der Waals surface area contributed by atoms with Gasteiger partial charge in [0.1, 0.15) is 15.0 Å². The van der Waals surface area contributed by atoms with Gasteiger partial charge in [-0.15, -0.1) is 0 Å². The molecule has 70 valence electrons. The molecule has 0 rings (SSSR count). The first-order chi connectivity index (χ1) is 5.70. The molecule has 0 aromatic heterocycles. The van der Waals surface area contributed by atoms with Crippen molar-refractivity contribution in [3.8, 4) is 0 Å². The number of ether oxygens (including phenoxy) is 1. The van der Waals surface area contributed by atoms with Crippen LogP contribution in [-0.4, -0.2) is 12.6 Å². The van der Waals surface area contributed by atoms with E-state index in [0.717, 1.165) is 6.42 Å². The molecule has 0 radical (unpaired) electrons. The summed E-state index contributed by atoms with van der Waals surface area (Å²) in [6.45, 7) is 4.11. The number of esters is 1. The smallest absolute Gasteiger partial charge is 0.334 e. The van der Waals surface area contributed by atoms with Crippen molar-refractivity contribution in [3.63, 3.8) is 0 Å². The Hall–Kier alpha value is 0.0900. The number of rotatable bonds is 5. The largest absolute Gasteiger partial charge is 0.462 e. The predicted molar refractivity (Wildman–Crippen MR) is 57.7 cm³/mol. The molecule has 0 bridgehead atoms. The Morgan fingerprint density at radius 1 is 1.67 bits per heavy atom. The van der Waals surface area contributed by atoms with Crippen LogP contribution in [0.5, 0.6) is 0 Å². The minimum Gasteiger partial charge on any atom is -0.462 e. The summed E-state index contributed by atoms with van der Waals surface area (Å²) in [6.07, 6.45) is 2.17. The highest BCUT2D eigenvalue weighted by Crippen LogP contribution is 2.17. The van der Waals surface area contributed by atoms with Crippen LogP contribution in [0.2, 0.25) is 0 Å². The normalized spacial score (nSPS) is 11.1. The number of hydrogen-bond acceptors (Lipinski definition) is 4. The van der Waals surface area contributed by atoms with Crippen molar-refractivity contribution in [2.24, 2.45) is 0 Å². The monoisotopic (exact) mass is 302 g/mol. The molecule has 5 heteroatoms. The van der Waals surface area contributed by atoms with E-state index in [1.54, 1.807) is 6.92 Å². The minimum atomic E-state index is -0.347. The average Bonchev–Trinajstić information content (AvgIpc) is 2.01. The van der Waals surface area contributed by atoms with Crippen LogP contribution in [0.3, 0.4) is 0 Å². The van der Waals surface area contributed by atoms with Gasteiger partial charge in [-0.1, -0.05) is 6.92 Å². The average molecular weight is 302 g/mol. The maximum Gasteiger partial charge on any atom is 0.334 e. The Kier molecular flexibility index (Phi) is 7.78. The molecule has 0 aromatic rings. The Morgan fingerprint density at radius 3 is 2.83 bits per heavy atom. The second-order valence-corrected chi connectivity index (χ2v) is 3.44. The van der Waals surface area contributed by atoms with E-state index in [9.17, 15) is 4.79 Å². The molecule has 0 heterocycles. The Morgan fingerprint density at radius 2 is 2.33 bits per heavy atom. The van der Waals surface area contributed by atoms with Gasteiger partial charge in [0.25, 0.3) is 0 Å². The zero-order valence-corrected chi connectivity index (χ0v) is 9.98. The lowest BCUT2D eigenvalue weighted by Gasteiger charge is -2.00. The topological polar surface area (TPSA) is 35.5 Å². The Balaban J connectivity index is 3.71. The molecule has 0 saturated heterocycles. The molecule has 0 saturated carbocycles. The summed E-state index contributed by atoms with van der Waals surface area (Å²) in [5, 5.41) is 0. The zero-order chi connectivity index (χ0) is 9.40. The number of carbonyl (C=O) groups excluding carboxylic acids is 1. The third-order valence-corrected chi connectivity index (χ3v) is 1.80. The van der Waals surface area contributed by atoms with E-state index in [0.29, 0.717) is 12.4 Å². The molecular weight excluding hydrogens is 291 g/mol. The quantitative estimate of drug-likeness (QED) is 0.257. The first-order valence-electron chi connectivity index (χ1n) is 3.51. The van der Waals surface area contributed by atoms with Crippen LogP contribution < -0.4 is 0 Å². The molecule has 0 atom stereocenters. The molecule has 0 unspecified atom stereocenters. The fourth-order valence-electron chi connectivity index (χ4n) is 0.484. The summed E-state index contributed by atoms with van der Waals surface area (Å²) in [6, 6.07) is 0. The molecule has 0 aliphatic rings. The van der Waals surface area contributed by atoms with Crippen molar-refractivity contribution in [1.29, 1.82) is 0 Å². The second-order valence-electron chi connectivity index (χ2n) is 2.07. The Bertz CT molecular complexity index is 170. The first kappa shape index (κ1) is 12.1. The lowest BCUT2D eigenvalue weighted by molar-refractivity contribution is -0.137. The van der Waals surface area contributed by atoms with Crippen LogP contribution in [0.1, 0.15) is 20.3 Å². The van der Waals surface area contributed by atoms with Gasteiger partial charge < -0.3 is 8.92 Å². The lowest BCUT2D eigenvalue weighted by Crippen LogP contribution is -2.02. The highest BCUT2D eigenvalue weighted by molar-refractivity contribution is 14.2. The standard InChI is InChI=1S/C7H11IO3S/c1-3-4-10-7(9)5-6(2)11-12-8/h5H,3-4H2,1-2H3/b6-5-. The molecule has 0 aromatic carbocycles. The molecule has 0 N–H and O–H groups in total. The molecular formula is C7H11IO3S. The SMILES string of the molecule is CCCOC(=O)/C=C(/C)OSI. The summed E-state index contributed by atoms with van der Waals surface area (Å²) >= 11 is 1.98. The van der Waals surface area contributed by atoms with Crippen molar-refractivity contribution >= 4 is 36.4 Å². The van der Waals surface area contributed by atoms with Crippen LogP contribution in [-0.2, 0) is 13.7 Å². The van der Waals surface area contributed by atoms with Crippen molar-refractivity contribution in [2.45, 2.75) is 20.3 Å². The number of halogens is 1. The van der Waals surface area contributed by atoms with Crippen LogP contribution in [0.15, 0.2) is 11.8 Å². The second kappa shape index (κ2) is 7.72. The number of hydrogen-bond donors (Lipinski definition) is 0. The fraction of sp³-hybridized carbons (Fsp3) is 0.571. The summed E-state index contributed by atoms with van der Waals surface area (Å²) in [7, 11) is 1.17. The molecule has 0 fully saturated rings. The highest BCUT2D eigenvalue weighted by atomic mass is 127. The van der Waals surface area contributed by atoms with E-state index in [4.69, 9.17) is 8.92 Å². The van der Waals surface area contributed by atoms with Crippen molar-refractivity contribution < 1.29 is 13.7 Å². The number of allylic oxidation sites excluding steroid dienone is 1. The summed E-state index contributed by atoms with van der Waals surface area (Å²) in [5.74, 6) is 0.204. The van der Waals surface area contributed by atoms with E-state index in [1.807, 2.05) is 28.1 Å². The van der Waals surface area contributed by atoms with Gasteiger partial charge in [-0.2, -0.15) is 0 Å². The zero-order valence-electron chi connectivity index (χ0n) is 7.00. The summed E-state index contributed by atoms with van der Waals surface area (Å²) in [4.78, 5) is 10.9. The third-order valence-electron chi connectivity index (χ3n) is 0.933. The fourth-order valence-corrected chi connectivity index (χ4v) is 1.48. The van der Waals surface area contributed by atoms with Crippen molar-refractivity contribution in [1.82, 2.24) is 0 Å². The van der Waals surface area contributed by atoms with Gasteiger partial charge in [0.05, 0.1) is 12.7 Å². The van der Waals surface area contributed by atoms with Crippen LogP contribution in [0.4, 0.5) is 0 Å². The summed E-state index contributed by atoms with van der Waals surface area (Å²) < 4.78 is 9.76. The third kappa shape index (κ3) is 6.78. The van der Waals surface area contributed by atoms with Gasteiger partial charge in [0.15, 0.2) is 0 Å². The minimum absolute atomic E-state index is 0.347. The lowest BCUT2D eigenvalue weighted by atomic mass is 10.5. The van der Waals surface area contributed by atoms with Gasteiger partial charge >= 0.3 is 5.97 Å². The van der Waals surface area contributed by atoms with Crippen LogP contribution >= 0.6 is 30.4 Å². The van der Waals surface area contributed by atoms with Gasteiger partial charge in [0, 0.05) is 21.2 Å². The first-order valence-corrected chi connectivity index (χ1v) is 6.79. The maximum absolute atomic E-state index is 10.9.